The van der Waals surface area contributed by atoms with Gasteiger partial charge >= 0.3 is 0 Å². The second-order valence-electron chi connectivity index (χ2n) is 8.23. The number of carbonyl (C=O) groups is 1. The Bertz CT molecular complexity index is 1160. The number of hydrogen-bond donors (Lipinski definition) is 0. The van der Waals surface area contributed by atoms with Crippen molar-refractivity contribution >= 4 is 17.4 Å². The minimum absolute atomic E-state index is 0.0688. The van der Waals surface area contributed by atoms with Crippen LogP contribution in [0.3, 0.4) is 0 Å². The van der Waals surface area contributed by atoms with Gasteiger partial charge in [0.1, 0.15) is 12.1 Å². The first-order valence-electron chi connectivity index (χ1n) is 10.5. The molecule has 0 radical (unpaired) electrons. The Kier molecular flexibility index (Phi) is 5.07. The molecule has 2 aliphatic heterocycles. The van der Waals surface area contributed by atoms with Gasteiger partial charge in [-0.2, -0.15) is 5.10 Å². The third kappa shape index (κ3) is 3.59. The zero-order chi connectivity index (χ0) is 22.3. The normalized spacial score (nSPS) is 18.4. The molecule has 0 N–H and O–H groups in total. The first kappa shape index (κ1) is 20.5. The zero-order valence-electron chi connectivity index (χ0n) is 17.2. The van der Waals surface area contributed by atoms with Crippen LogP contribution in [0.5, 0.6) is 0 Å². The van der Waals surface area contributed by atoms with Gasteiger partial charge in [0, 0.05) is 37.3 Å². The highest BCUT2D eigenvalue weighted by molar-refractivity contribution is 5.95. The van der Waals surface area contributed by atoms with Crippen molar-refractivity contribution in [1.82, 2.24) is 19.7 Å². The molecule has 0 saturated carbocycles. The number of hydrogen-bond acceptors (Lipinski definition) is 5. The van der Waals surface area contributed by atoms with Crippen LogP contribution in [0.15, 0.2) is 43.0 Å². The molecule has 1 amide bonds. The average Bonchev–Trinajstić information content (AvgIpc) is 3.23. The highest BCUT2D eigenvalue weighted by atomic mass is 19.2. The van der Waals surface area contributed by atoms with Gasteiger partial charge in [0.2, 0.25) is 5.91 Å². The van der Waals surface area contributed by atoms with E-state index in [-0.39, 0.29) is 5.91 Å². The lowest BCUT2D eigenvalue weighted by atomic mass is 9.78. The minimum atomic E-state index is -0.961. The van der Waals surface area contributed by atoms with Crippen LogP contribution in [0.1, 0.15) is 32.1 Å². The van der Waals surface area contributed by atoms with Crippen LogP contribution in [-0.2, 0) is 4.79 Å². The summed E-state index contributed by atoms with van der Waals surface area (Å²) in [6, 6.07) is 5.38. The maximum atomic E-state index is 13.9. The molecule has 1 aromatic carbocycles. The summed E-state index contributed by atoms with van der Waals surface area (Å²) in [5, 5.41) is 3.94. The average molecular weight is 442 g/mol. The standard InChI is InChI=1S/C22H21F3N6O/c23-15-12-28-30(13-15)20-11-19(26-14-27-20)29-8-6-22(7-9-29)5-1-2-21(32)31(22)16-3-4-17(24)18(25)10-16/h3-4,10-14H,1-2,5-9H2. The van der Waals surface area contributed by atoms with Gasteiger partial charge < -0.3 is 9.80 Å². The Morgan fingerprint density at radius 1 is 0.938 bits per heavy atom. The number of anilines is 2. The fourth-order valence-electron chi connectivity index (χ4n) is 4.79. The van der Waals surface area contributed by atoms with Crippen molar-refractivity contribution in [3.8, 4) is 5.82 Å². The molecule has 32 heavy (non-hydrogen) atoms. The number of carbonyl (C=O) groups excluding carboxylic acids is 1. The largest absolute Gasteiger partial charge is 0.356 e. The second kappa shape index (κ2) is 7.92. The summed E-state index contributed by atoms with van der Waals surface area (Å²) in [5.74, 6) is -1.28. The van der Waals surface area contributed by atoms with E-state index in [1.165, 1.54) is 23.3 Å². The van der Waals surface area contributed by atoms with E-state index in [1.54, 1.807) is 11.0 Å². The fourth-order valence-corrected chi connectivity index (χ4v) is 4.79. The Morgan fingerprint density at radius 2 is 1.72 bits per heavy atom. The molecule has 1 spiro atoms. The number of aromatic nitrogens is 4. The van der Waals surface area contributed by atoms with Crippen LogP contribution in [0.4, 0.5) is 24.7 Å². The highest BCUT2D eigenvalue weighted by Crippen LogP contribution is 2.41. The Hall–Kier alpha value is -3.43. The van der Waals surface area contributed by atoms with Crippen LogP contribution in [0.2, 0.25) is 0 Å². The van der Waals surface area contributed by atoms with Gasteiger partial charge in [-0.3, -0.25) is 4.79 Å². The SMILES string of the molecule is O=C1CCCC2(CCN(c3cc(-n4cc(F)cn4)ncn3)CC2)N1c1ccc(F)c(F)c1. The fraction of sp³-hybridized carbons (Fsp3) is 0.364. The lowest BCUT2D eigenvalue weighted by molar-refractivity contribution is -0.121. The number of halogens is 3. The molecule has 0 unspecified atom stereocenters. The van der Waals surface area contributed by atoms with E-state index in [2.05, 4.69) is 20.0 Å². The molecule has 2 aliphatic rings. The molecule has 0 bridgehead atoms. The Labute approximate surface area is 182 Å². The summed E-state index contributed by atoms with van der Waals surface area (Å²) in [6.45, 7) is 1.24. The molecule has 2 fully saturated rings. The van der Waals surface area contributed by atoms with Crippen molar-refractivity contribution in [1.29, 1.82) is 0 Å². The van der Waals surface area contributed by atoms with Gasteiger partial charge in [0.15, 0.2) is 23.3 Å². The molecule has 4 heterocycles. The van der Waals surface area contributed by atoms with E-state index in [4.69, 9.17) is 0 Å². The van der Waals surface area contributed by atoms with Gasteiger partial charge in [-0.25, -0.2) is 27.8 Å². The summed E-state index contributed by atoms with van der Waals surface area (Å²) in [4.78, 5) is 25.1. The van der Waals surface area contributed by atoms with Crippen molar-refractivity contribution < 1.29 is 18.0 Å². The lowest BCUT2D eigenvalue weighted by Gasteiger charge is -2.51. The number of piperidine rings is 2. The summed E-state index contributed by atoms with van der Waals surface area (Å²) in [5.41, 5.74) is -0.0519. The number of benzene rings is 1. The lowest BCUT2D eigenvalue weighted by Crippen LogP contribution is -2.60. The maximum Gasteiger partial charge on any atom is 0.227 e. The molecule has 2 aromatic heterocycles. The zero-order valence-corrected chi connectivity index (χ0v) is 17.2. The predicted molar refractivity (Wildman–Crippen MR) is 111 cm³/mol. The van der Waals surface area contributed by atoms with Crippen LogP contribution >= 0.6 is 0 Å². The topological polar surface area (TPSA) is 67.2 Å². The summed E-state index contributed by atoms with van der Waals surface area (Å²) < 4.78 is 42.0. The minimum Gasteiger partial charge on any atom is -0.356 e. The number of amides is 1. The van der Waals surface area contributed by atoms with E-state index < -0.39 is 23.0 Å². The maximum absolute atomic E-state index is 13.9. The highest BCUT2D eigenvalue weighted by Gasteiger charge is 2.45. The van der Waals surface area contributed by atoms with Crippen LogP contribution < -0.4 is 9.80 Å². The molecule has 166 valence electrons. The van der Waals surface area contributed by atoms with Gasteiger partial charge in [0.05, 0.1) is 17.9 Å². The molecule has 2 saturated heterocycles. The molecule has 3 aromatic rings. The smallest absolute Gasteiger partial charge is 0.227 e. The molecule has 10 heteroatoms. The molecular formula is C22H21F3N6O. The van der Waals surface area contributed by atoms with Crippen molar-refractivity contribution in [2.75, 3.05) is 22.9 Å². The Balaban J connectivity index is 1.38. The summed E-state index contributed by atoms with van der Waals surface area (Å²) in [7, 11) is 0. The molecular weight excluding hydrogens is 421 g/mol. The van der Waals surface area contributed by atoms with Gasteiger partial charge in [0.25, 0.3) is 0 Å². The number of nitrogens with zero attached hydrogens (tertiary/aromatic N) is 6. The van der Waals surface area contributed by atoms with Crippen molar-refractivity contribution in [3.05, 3.63) is 60.4 Å². The third-order valence-electron chi connectivity index (χ3n) is 6.36. The van der Waals surface area contributed by atoms with Crippen molar-refractivity contribution in [2.45, 2.75) is 37.6 Å². The quantitative estimate of drug-likeness (QED) is 0.620. The van der Waals surface area contributed by atoms with Crippen LogP contribution in [-0.4, -0.2) is 44.3 Å². The molecule has 0 atom stereocenters. The van der Waals surface area contributed by atoms with Gasteiger partial charge in [-0.05, 0) is 37.8 Å². The van der Waals surface area contributed by atoms with Crippen LogP contribution in [0.25, 0.3) is 5.82 Å². The van der Waals surface area contributed by atoms with E-state index in [1.807, 2.05) is 0 Å². The Morgan fingerprint density at radius 3 is 2.44 bits per heavy atom. The predicted octanol–water partition coefficient (Wildman–Crippen LogP) is 3.64. The monoisotopic (exact) mass is 442 g/mol. The van der Waals surface area contributed by atoms with E-state index in [0.29, 0.717) is 49.7 Å². The van der Waals surface area contributed by atoms with E-state index >= 15 is 0 Å². The van der Waals surface area contributed by atoms with Crippen LogP contribution in [0, 0.1) is 17.5 Å². The van der Waals surface area contributed by atoms with Crippen molar-refractivity contribution in [2.24, 2.45) is 0 Å². The molecule has 5 rings (SSSR count). The van der Waals surface area contributed by atoms with E-state index in [9.17, 15) is 18.0 Å². The second-order valence-corrected chi connectivity index (χ2v) is 8.23. The third-order valence-corrected chi connectivity index (χ3v) is 6.36. The van der Waals surface area contributed by atoms with Gasteiger partial charge in [-0.1, -0.05) is 0 Å². The molecule has 0 aliphatic carbocycles. The molecule has 7 nitrogen and oxygen atoms in total. The van der Waals surface area contributed by atoms with E-state index in [0.717, 1.165) is 31.2 Å². The summed E-state index contributed by atoms with van der Waals surface area (Å²) >= 11 is 0. The van der Waals surface area contributed by atoms with Crippen molar-refractivity contribution in [3.63, 3.8) is 0 Å². The first-order valence-corrected chi connectivity index (χ1v) is 10.5. The first-order chi connectivity index (χ1) is 15.4. The number of rotatable bonds is 3. The summed E-state index contributed by atoms with van der Waals surface area (Å²) in [6.07, 6.45) is 7.03. The van der Waals surface area contributed by atoms with Gasteiger partial charge in [-0.15, -0.1) is 0 Å².